The number of nitrogens with one attached hydrogen (secondary N) is 1. The topological polar surface area (TPSA) is 113 Å². The van der Waals surface area contributed by atoms with Gasteiger partial charge in [-0.05, 0) is 19.8 Å². The minimum atomic E-state index is -1.09. The fourth-order valence-corrected chi connectivity index (χ4v) is 3.73. The smallest absolute Gasteiger partial charge is 0.332 e. The molecule has 0 spiro atoms. The van der Waals surface area contributed by atoms with Crippen molar-refractivity contribution in [3.05, 3.63) is 0 Å². The van der Waals surface area contributed by atoms with Gasteiger partial charge in [-0.15, -0.1) is 0 Å². The highest BCUT2D eigenvalue weighted by molar-refractivity contribution is 5.73. The van der Waals surface area contributed by atoms with Crippen molar-refractivity contribution in [2.45, 2.75) is 102 Å². The van der Waals surface area contributed by atoms with Crippen molar-refractivity contribution in [1.82, 2.24) is 5.32 Å². The molecule has 0 radical (unpaired) electrons. The summed E-state index contributed by atoms with van der Waals surface area (Å²) < 4.78 is 29.0. The molecule has 2 aliphatic rings. The molecule has 2 rings (SSSR count). The van der Waals surface area contributed by atoms with Gasteiger partial charge >= 0.3 is 5.97 Å². The van der Waals surface area contributed by atoms with E-state index >= 15 is 0 Å². The maximum Gasteiger partial charge on any atom is 0.332 e. The molecule has 0 aromatic heterocycles. The first kappa shape index (κ1) is 24.0. The Balaban J connectivity index is 2.09. The molecule has 0 bridgehead atoms. The van der Waals surface area contributed by atoms with Gasteiger partial charge in [0.2, 0.25) is 5.91 Å². The Kier molecular flexibility index (Phi) is 9.78. The molecule has 2 fully saturated rings. The molecule has 2 heterocycles. The predicted octanol–water partition coefficient (Wildman–Crippen LogP) is 1.82. The van der Waals surface area contributed by atoms with Crippen LogP contribution in [-0.4, -0.2) is 73.7 Å². The van der Waals surface area contributed by atoms with Gasteiger partial charge in [0.25, 0.3) is 0 Å². The summed E-state index contributed by atoms with van der Waals surface area (Å²) in [6, 6.07) is -0.705. The largest absolute Gasteiger partial charge is 0.479 e. The van der Waals surface area contributed by atoms with E-state index in [-0.39, 0.29) is 12.5 Å². The molecule has 0 saturated carbocycles. The van der Waals surface area contributed by atoms with Crippen LogP contribution in [0.4, 0.5) is 0 Å². The Hall–Kier alpha value is -1.26. The maximum atomic E-state index is 11.7. The van der Waals surface area contributed by atoms with Crippen LogP contribution in [0.25, 0.3) is 0 Å². The number of carbonyl (C=O) groups is 2. The van der Waals surface area contributed by atoms with Crippen molar-refractivity contribution < 1.29 is 38.4 Å². The zero-order chi connectivity index (χ0) is 21.4. The van der Waals surface area contributed by atoms with Gasteiger partial charge in [0.15, 0.2) is 18.7 Å². The summed E-state index contributed by atoms with van der Waals surface area (Å²) in [5.41, 5.74) is 0. The lowest BCUT2D eigenvalue weighted by atomic mass is 9.95. The Morgan fingerprint density at radius 2 is 1.93 bits per heavy atom. The highest BCUT2D eigenvalue weighted by Gasteiger charge is 2.51. The summed E-state index contributed by atoms with van der Waals surface area (Å²) in [6.45, 7) is 5.29. The van der Waals surface area contributed by atoms with E-state index in [9.17, 15) is 14.7 Å². The van der Waals surface area contributed by atoms with E-state index in [4.69, 9.17) is 23.7 Å². The summed E-state index contributed by atoms with van der Waals surface area (Å²) in [5, 5.41) is 12.1. The average Bonchev–Trinajstić information content (AvgIpc) is 2.68. The summed E-state index contributed by atoms with van der Waals surface area (Å²) in [7, 11) is 1.46. The van der Waals surface area contributed by atoms with Crippen LogP contribution in [0.2, 0.25) is 0 Å². The predicted molar refractivity (Wildman–Crippen MR) is 103 cm³/mol. The van der Waals surface area contributed by atoms with Gasteiger partial charge in [0, 0.05) is 14.0 Å². The molecule has 2 saturated heterocycles. The molecule has 2 unspecified atom stereocenters. The Morgan fingerprint density at radius 3 is 2.55 bits per heavy atom. The van der Waals surface area contributed by atoms with Crippen molar-refractivity contribution in [2.75, 3.05) is 13.7 Å². The number of fused-ring (bicyclic) bond motifs is 1. The van der Waals surface area contributed by atoms with Crippen LogP contribution in [0.5, 0.6) is 0 Å². The molecule has 29 heavy (non-hydrogen) atoms. The number of carboxylic acids is 1. The third-order valence-corrected chi connectivity index (χ3v) is 5.26. The van der Waals surface area contributed by atoms with E-state index in [1.165, 1.54) is 40.2 Å². The van der Waals surface area contributed by atoms with Crippen LogP contribution < -0.4 is 5.32 Å². The monoisotopic (exact) mass is 417 g/mol. The summed E-state index contributed by atoms with van der Waals surface area (Å²) in [6.07, 6.45) is 2.32. The number of methoxy groups -OCH3 is 1. The fraction of sp³-hybridized carbons (Fsp3) is 0.900. The second-order valence-electron chi connectivity index (χ2n) is 7.65. The second kappa shape index (κ2) is 11.8. The van der Waals surface area contributed by atoms with Crippen LogP contribution in [0.15, 0.2) is 0 Å². The van der Waals surface area contributed by atoms with Crippen molar-refractivity contribution in [2.24, 2.45) is 0 Å². The van der Waals surface area contributed by atoms with Crippen LogP contribution in [0.3, 0.4) is 0 Å². The zero-order valence-corrected chi connectivity index (χ0v) is 17.8. The molecule has 2 aliphatic heterocycles. The van der Waals surface area contributed by atoms with E-state index in [0.29, 0.717) is 0 Å². The van der Waals surface area contributed by atoms with Gasteiger partial charge in [-0.3, -0.25) is 4.79 Å². The Labute approximate surface area is 172 Å². The van der Waals surface area contributed by atoms with Gasteiger partial charge in [0.1, 0.15) is 24.4 Å². The molecular weight excluding hydrogens is 382 g/mol. The first-order chi connectivity index (χ1) is 13.9. The standard InChI is InChI=1S/C20H35NO8/c1-5-6-7-8-9-10-15-26-11-14-17(29-15)18(27-12(2)19(23)24)16(21-13(3)22)20(25-4)28-14/h12,14-18,20H,5-11H2,1-4H3,(H,21,22)(H,23,24)/t12?,14-,15?,16-,17-,18-,20+/m1/s1. The molecule has 9 heteroatoms. The molecule has 9 nitrogen and oxygen atoms in total. The number of unbranched alkanes of at least 4 members (excludes halogenated alkanes) is 4. The number of ether oxygens (including phenoxy) is 5. The minimum Gasteiger partial charge on any atom is -0.479 e. The molecular formula is C20H35NO8. The number of aliphatic carboxylic acids is 1. The third kappa shape index (κ3) is 6.89. The first-order valence-electron chi connectivity index (χ1n) is 10.5. The van der Waals surface area contributed by atoms with Crippen LogP contribution >= 0.6 is 0 Å². The second-order valence-corrected chi connectivity index (χ2v) is 7.65. The fourth-order valence-electron chi connectivity index (χ4n) is 3.73. The molecule has 0 aliphatic carbocycles. The number of carbonyl (C=O) groups excluding carboxylic acids is 1. The molecule has 7 atom stereocenters. The van der Waals surface area contributed by atoms with Crippen molar-refractivity contribution in [3.63, 3.8) is 0 Å². The molecule has 168 valence electrons. The highest BCUT2D eigenvalue weighted by Crippen LogP contribution is 2.32. The average molecular weight is 417 g/mol. The van der Waals surface area contributed by atoms with Gasteiger partial charge in [-0.25, -0.2) is 4.79 Å². The van der Waals surface area contributed by atoms with Gasteiger partial charge in [-0.1, -0.05) is 32.6 Å². The molecule has 2 N–H and O–H groups in total. The number of hydrogen-bond donors (Lipinski definition) is 2. The normalized spacial score (nSPS) is 33.0. The van der Waals surface area contributed by atoms with E-state index < -0.39 is 49.0 Å². The summed E-state index contributed by atoms with van der Waals surface area (Å²) >= 11 is 0. The van der Waals surface area contributed by atoms with Gasteiger partial charge < -0.3 is 34.1 Å². The van der Waals surface area contributed by atoms with Crippen LogP contribution in [0, 0.1) is 0 Å². The quantitative estimate of drug-likeness (QED) is 0.490. The molecule has 0 aromatic carbocycles. The van der Waals surface area contributed by atoms with Crippen molar-refractivity contribution in [1.29, 1.82) is 0 Å². The minimum absolute atomic E-state index is 0.290. The maximum absolute atomic E-state index is 11.7. The van der Waals surface area contributed by atoms with E-state index in [1.807, 2.05) is 0 Å². The zero-order valence-electron chi connectivity index (χ0n) is 17.8. The first-order valence-corrected chi connectivity index (χ1v) is 10.5. The van der Waals surface area contributed by atoms with E-state index in [0.717, 1.165) is 19.3 Å². The van der Waals surface area contributed by atoms with Crippen molar-refractivity contribution in [3.8, 4) is 0 Å². The Bertz CT molecular complexity index is 529. The lowest BCUT2D eigenvalue weighted by molar-refractivity contribution is -0.345. The number of hydrogen-bond acceptors (Lipinski definition) is 7. The van der Waals surface area contributed by atoms with Gasteiger partial charge in [-0.2, -0.15) is 0 Å². The van der Waals surface area contributed by atoms with E-state index in [1.54, 1.807) is 0 Å². The van der Waals surface area contributed by atoms with E-state index in [2.05, 4.69) is 12.2 Å². The van der Waals surface area contributed by atoms with Crippen molar-refractivity contribution >= 4 is 11.9 Å². The summed E-state index contributed by atoms with van der Waals surface area (Å²) in [5.74, 6) is -1.39. The highest BCUT2D eigenvalue weighted by atomic mass is 16.7. The third-order valence-electron chi connectivity index (χ3n) is 5.26. The summed E-state index contributed by atoms with van der Waals surface area (Å²) in [4.78, 5) is 23.1. The van der Waals surface area contributed by atoms with Gasteiger partial charge in [0.05, 0.1) is 6.61 Å². The number of carboxylic acid groups (broad SMARTS) is 1. The lowest BCUT2D eigenvalue weighted by Gasteiger charge is -2.49. The molecule has 1 amide bonds. The molecule has 0 aromatic rings. The lowest BCUT2D eigenvalue weighted by Crippen LogP contribution is -2.68. The van der Waals surface area contributed by atoms with Crippen LogP contribution in [-0.2, 0) is 33.3 Å². The SMILES string of the molecule is CCCCCCCC1OC[C@H]2O[C@H](OC)[C@H](NC(C)=O)[C@@H](OC(C)C(=O)O)[C@@H]2O1. The van der Waals surface area contributed by atoms with Crippen LogP contribution in [0.1, 0.15) is 59.3 Å². The Morgan fingerprint density at radius 1 is 1.21 bits per heavy atom. The number of rotatable bonds is 11. The number of amides is 1.